The van der Waals surface area contributed by atoms with E-state index in [0.717, 1.165) is 11.8 Å². The van der Waals surface area contributed by atoms with Crippen molar-refractivity contribution in [2.45, 2.75) is 24.5 Å². The second kappa shape index (κ2) is 5.02. The molecule has 0 radical (unpaired) electrons. The first-order chi connectivity index (χ1) is 7.33. The summed E-state index contributed by atoms with van der Waals surface area (Å²) >= 11 is 1.06. The third kappa shape index (κ3) is 3.65. The molecule has 1 aromatic rings. The Hall–Kier alpha value is -0.793. The van der Waals surface area contributed by atoms with Crippen molar-refractivity contribution in [1.29, 1.82) is 0 Å². The van der Waals surface area contributed by atoms with Gasteiger partial charge in [-0.2, -0.15) is 0 Å². The summed E-state index contributed by atoms with van der Waals surface area (Å²) in [5.74, 6) is 1.77. The molecule has 16 heavy (non-hydrogen) atoms. The fraction of sp³-hybridized carbons (Fsp3) is 0.333. The summed E-state index contributed by atoms with van der Waals surface area (Å²) in [7, 11) is -1.51. The zero-order valence-electron chi connectivity index (χ0n) is 9.82. The van der Waals surface area contributed by atoms with E-state index in [4.69, 9.17) is 0 Å². The molecule has 0 fully saturated rings. The molecule has 0 saturated carbocycles. The number of hydrogen-bond donors (Lipinski definition) is 0. The number of thioether (sulfide) groups is 1. The minimum absolute atomic E-state index is 0.0542. The van der Waals surface area contributed by atoms with Crippen LogP contribution in [0.4, 0.5) is 8.78 Å². The van der Waals surface area contributed by atoms with Crippen molar-refractivity contribution < 1.29 is 8.78 Å². The second-order valence-electron chi connectivity index (χ2n) is 4.47. The normalized spacial score (nSPS) is 10.9. The molecule has 0 bridgehead atoms. The first-order valence-corrected chi connectivity index (χ1v) is 9.62. The van der Waals surface area contributed by atoms with Crippen molar-refractivity contribution >= 4 is 19.8 Å². The Kier molecular flexibility index (Phi) is 4.17. The van der Waals surface area contributed by atoms with Gasteiger partial charge in [0.05, 0.1) is 4.90 Å². The van der Waals surface area contributed by atoms with Crippen molar-refractivity contribution in [3.8, 4) is 11.5 Å². The molecule has 4 heteroatoms. The third-order valence-corrected chi connectivity index (χ3v) is 3.46. The van der Waals surface area contributed by atoms with E-state index in [2.05, 4.69) is 31.1 Å². The Morgan fingerprint density at radius 1 is 1.12 bits per heavy atom. The summed E-state index contributed by atoms with van der Waals surface area (Å²) in [5.41, 5.74) is 3.49. The second-order valence-corrected chi connectivity index (χ2v) is 10.0. The van der Waals surface area contributed by atoms with Crippen molar-refractivity contribution in [1.82, 2.24) is 0 Å². The van der Waals surface area contributed by atoms with Crippen LogP contribution in [0.3, 0.4) is 0 Å². The predicted octanol–water partition coefficient (Wildman–Crippen LogP) is 3.92. The van der Waals surface area contributed by atoms with E-state index in [1.165, 1.54) is 12.1 Å². The van der Waals surface area contributed by atoms with Crippen LogP contribution in [0.1, 0.15) is 5.56 Å². The molecule has 0 aliphatic carbocycles. The maximum Gasteiger partial charge on any atom is 0.140 e. The summed E-state index contributed by atoms with van der Waals surface area (Å²) in [6.45, 7) is 6.26. The topological polar surface area (TPSA) is 0 Å². The van der Waals surface area contributed by atoms with E-state index < -0.39 is 19.7 Å². The third-order valence-electron chi connectivity index (χ3n) is 1.78. The van der Waals surface area contributed by atoms with E-state index in [0.29, 0.717) is 5.56 Å². The van der Waals surface area contributed by atoms with E-state index in [1.807, 2.05) is 0 Å². The lowest BCUT2D eigenvalue weighted by Gasteiger charge is -2.04. The molecule has 1 aromatic carbocycles. The van der Waals surface area contributed by atoms with Gasteiger partial charge in [-0.25, -0.2) is 8.78 Å². The summed E-state index contributed by atoms with van der Waals surface area (Å²) in [5, 5.41) is 0. The first kappa shape index (κ1) is 13.3. The van der Waals surface area contributed by atoms with Gasteiger partial charge >= 0.3 is 0 Å². The van der Waals surface area contributed by atoms with Gasteiger partial charge in [0.25, 0.3) is 0 Å². The van der Waals surface area contributed by atoms with Crippen LogP contribution in [0.2, 0.25) is 19.6 Å². The fourth-order valence-corrected chi connectivity index (χ4v) is 2.11. The lowest BCUT2D eigenvalue weighted by molar-refractivity contribution is 0.540. The molecule has 0 N–H and O–H groups in total. The highest BCUT2D eigenvalue weighted by Gasteiger charge is 2.10. The summed E-state index contributed by atoms with van der Waals surface area (Å²) in [6.07, 6.45) is 1.65. The molecule has 86 valence electrons. The van der Waals surface area contributed by atoms with Gasteiger partial charge in [0, 0.05) is 5.56 Å². The van der Waals surface area contributed by atoms with Gasteiger partial charge in [-0.05, 0) is 18.4 Å². The fourth-order valence-electron chi connectivity index (χ4n) is 1.09. The van der Waals surface area contributed by atoms with Crippen molar-refractivity contribution in [2.24, 2.45) is 0 Å². The van der Waals surface area contributed by atoms with Crippen LogP contribution < -0.4 is 0 Å². The molecule has 0 unspecified atom stereocenters. The number of hydrogen-bond acceptors (Lipinski definition) is 1. The van der Waals surface area contributed by atoms with Crippen LogP contribution in [0, 0.1) is 23.1 Å². The van der Waals surface area contributed by atoms with Crippen molar-refractivity contribution in [3.63, 3.8) is 0 Å². The predicted molar refractivity (Wildman–Crippen MR) is 68.4 cm³/mol. The Morgan fingerprint density at radius 3 is 2.00 bits per heavy atom. The number of halogens is 2. The SMILES string of the molecule is CSc1c(F)cc(C#C[Si](C)(C)C)cc1F. The number of rotatable bonds is 1. The minimum Gasteiger partial charge on any atom is -0.206 e. The van der Waals surface area contributed by atoms with Gasteiger partial charge in [0.15, 0.2) is 0 Å². The molecule has 0 aliphatic rings. The zero-order valence-corrected chi connectivity index (χ0v) is 11.6. The Balaban J connectivity index is 3.13. The highest BCUT2D eigenvalue weighted by molar-refractivity contribution is 7.98. The molecule has 0 atom stereocenters. The molecule has 0 aromatic heterocycles. The zero-order chi connectivity index (χ0) is 12.3. The lowest BCUT2D eigenvalue weighted by atomic mass is 10.2. The quantitative estimate of drug-likeness (QED) is 0.417. The lowest BCUT2D eigenvalue weighted by Crippen LogP contribution is -2.16. The maximum absolute atomic E-state index is 13.4. The van der Waals surface area contributed by atoms with Gasteiger partial charge < -0.3 is 0 Å². The standard InChI is InChI=1S/C12H14F2SSi/c1-15-12-10(13)7-9(8-11(12)14)5-6-16(2,3)4/h7-8H,1-4H3. The van der Waals surface area contributed by atoms with Crippen LogP contribution in [-0.4, -0.2) is 14.3 Å². The number of benzene rings is 1. The first-order valence-electron chi connectivity index (χ1n) is 4.90. The average Bonchev–Trinajstić information content (AvgIpc) is 2.13. The van der Waals surface area contributed by atoms with E-state index in [1.54, 1.807) is 6.26 Å². The van der Waals surface area contributed by atoms with E-state index >= 15 is 0 Å². The van der Waals surface area contributed by atoms with Gasteiger partial charge in [-0.15, -0.1) is 17.3 Å². The van der Waals surface area contributed by atoms with Crippen molar-refractivity contribution in [3.05, 3.63) is 29.3 Å². The highest BCUT2D eigenvalue weighted by Crippen LogP contribution is 2.23. The largest absolute Gasteiger partial charge is 0.206 e. The van der Waals surface area contributed by atoms with E-state index in [-0.39, 0.29) is 4.90 Å². The molecule has 1 rings (SSSR count). The molecule has 0 aliphatic heterocycles. The Morgan fingerprint density at radius 2 is 1.62 bits per heavy atom. The van der Waals surface area contributed by atoms with Crippen LogP contribution in [0.15, 0.2) is 17.0 Å². The molecule has 0 saturated heterocycles. The highest BCUT2D eigenvalue weighted by atomic mass is 32.2. The molecule has 0 amide bonds. The smallest absolute Gasteiger partial charge is 0.140 e. The van der Waals surface area contributed by atoms with Crippen LogP contribution in [-0.2, 0) is 0 Å². The molecular formula is C12H14F2SSi. The van der Waals surface area contributed by atoms with Gasteiger partial charge in [-0.1, -0.05) is 25.6 Å². The summed E-state index contributed by atoms with van der Waals surface area (Å²) in [4.78, 5) is 0.0542. The summed E-state index contributed by atoms with van der Waals surface area (Å²) < 4.78 is 26.8. The van der Waals surface area contributed by atoms with Gasteiger partial charge in [0.1, 0.15) is 19.7 Å². The maximum atomic E-state index is 13.4. The Labute approximate surface area is 100 Å². The van der Waals surface area contributed by atoms with Crippen molar-refractivity contribution in [2.75, 3.05) is 6.26 Å². The summed E-state index contributed by atoms with van der Waals surface area (Å²) in [6, 6.07) is 2.59. The van der Waals surface area contributed by atoms with Crippen LogP contribution in [0.25, 0.3) is 0 Å². The molecule has 0 nitrogen and oxygen atoms in total. The van der Waals surface area contributed by atoms with Crippen LogP contribution >= 0.6 is 11.8 Å². The van der Waals surface area contributed by atoms with Gasteiger partial charge in [-0.3, -0.25) is 0 Å². The van der Waals surface area contributed by atoms with Gasteiger partial charge in [0.2, 0.25) is 0 Å². The molecule has 0 spiro atoms. The molecular weight excluding hydrogens is 242 g/mol. The monoisotopic (exact) mass is 256 g/mol. The Bertz CT molecular complexity index is 429. The van der Waals surface area contributed by atoms with E-state index in [9.17, 15) is 8.78 Å². The average molecular weight is 256 g/mol. The van der Waals surface area contributed by atoms with Crippen LogP contribution in [0.5, 0.6) is 0 Å². The molecule has 0 heterocycles. The minimum atomic E-state index is -1.51.